The van der Waals surface area contributed by atoms with Gasteiger partial charge in [-0.05, 0) is 18.2 Å². The van der Waals surface area contributed by atoms with E-state index in [2.05, 4.69) is 10.4 Å². The molecule has 1 aromatic heterocycles. The van der Waals surface area contributed by atoms with Gasteiger partial charge in [-0.1, -0.05) is 6.07 Å². The van der Waals surface area contributed by atoms with Gasteiger partial charge in [-0.15, -0.1) is 0 Å². The zero-order valence-electron chi connectivity index (χ0n) is 9.90. The Labute approximate surface area is 106 Å². The Bertz CT molecular complexity index is 649. The van der Waals surface area contributed by atoms with Crippen LogP contribution in [0.4, 0.5) is 18.9 Å². The van der Waals surface area contributed by atoms with Gasteiger partial charge in [0.25, 0.3) is 5.56 Å². The van der Waals surface area contributed by atoms with Crippen LogP contribution in [0.5, 0.6) is 0 Å². The van der Waals surface area contributed by atoms with Gasteiger partial charge in [0.2, 0.25) is 0 Å². The summed E-state index contributed by atoms with van der Waals surface area (Å²) in [6.07, 6.45) is -3.09. The van der Waals surface area contributed by atoms with Gasteiger partial charge in [-0.25, -0.2) is 0 Å². The molecule has 1 heterocycles. The van der Waals surface area contributed by atoms with E-state index in [-0.39, 0.29) is 5.69 Å². The first-order chi connectivity index (χ1) is 8.91. The van der Waals surface area contributed by atoms with Crippen molar-refractivity contribution in [3.8, 4) is 5.69 Å². The molecule has 0 saturated carbocycles. The first-order valence-corrected chi connectivity index (χ1v) is 5.36. The third-order valence-corrected chi connectivity index (χ3v) is 2.51. The lowest BCUT2D eigenvalue weighted by Gasteiger charge is -2.09. The van der Waals surface area contributed by atoms with Crippen LogP contribution in [0.2, 0.25) is 0 Å². The van der Waals surface area contributed by atoms with Crippen LogP contribution in [-0.2, 0) is 6.18 Å². The molecule has 7 heteroatoms. The summed E-state index contributed by atoms with van der Waals surface area (Å²) in [5.74, 6) is 0. The minimum atomic E-state index is -4.45. The smallest absolute Gasteiger partial charge is 0.387 e. The molecule has 0 radical (unpaired) electrons. The van der Waals surface area contributed by atoms with Crippen molar-refractivity contribution in [3.63, 3.8) is 0 Å². The number of benzene rings is 1. The molecule has 0 fully saturated rings. The normalized spacial score (nSPS) is 11.4. The van der Waals surface area contributed by atoms with Crippen molar-refractivity contribution >= 4 is 5.69 Å². The molecular weight excluding hydrogens is 259 g/mol. The highest BCUT2D eigenvalue weighted by Crippen LogP contribution is 2.29. The van der Waals surface area contributed by atoms with Gasteiger partial charge in [-0.3, -0.25) is 4.79 Å². The quantitative estimate of drug-likeness (QED) is 0.910. The van der Waals surface area contributed by atoms with Crippen molar-refractivity contribution in [2.75, 3.05) is 12.4 Å². The average Bonchev–Trinajstić information content (AvgIpc) is 2.37. The molecule has 1 N–H and O–H groups in total. The molecule has 100 valence electrons. The number of rotatable bonds is 2. The first kappa shape index (κ1) is 13.1. The Balaban J connectivity index is 2.51. The van der Waals surface area contributed by atoms with Crippen LogP contribution < -0.4 is 10.9 Å². The molecule has 0 saturated heterocycles. The van der Waals surface area contributed by atoms with Crippen LogP contribution in [0, 0.1) is 0 Å². The molecule has 0 aliphatic rings. The molecule has 0 atom stereocenters. The number of hydrogen-bond acceptors (Lipinski definition) is 3. The minimum absolute atomic E-state index is 0.0717. The molecule has 4 nitrogen and oxygen atoms in total. The van der Waals surface area contributed by atoms with E-state index in [0.717, 1.165) is 16.8 Å². The number of anilines is 1. The molecule has 0 bridgehead atoms. The minimum Gasteiger partial charge on any atom is -0.387 e. The fraction of sp³-hybridized carbons (Fsp3) is 0.167. The van der Waals surface area contributed by atoms with Gasteiger partial charge in [0.1, 0.15) is 0 Å². The second kappa shape index (κ2) is 4.75. The van der Waals surface area contributed by atoms with Gasteiger partial charge >= 0.3 is 6.18 Å². The summed E-state index contributed by atoms with van der Waals surface area (Å²) >= 11 is 0. The Hall–Kier alpha value is -2.31. The topological polar surface area (TPSA) is 46.9 Å². The highest BCUT2D eigenvalue weighted by atomic mass is 19.4. The molecular formula is C12H10F3N3O. The van der Waals surface area contributed by atoms with Crippen LogP contribution in [-0.4, -0.2) is 16.8 Å². The van der Waals surface area contributed by atoms with E-state index in [0.29, 0.717) is 5.69 Å². The number of hydrogen-bond donors (Lipinski definition) is 1. The molecule has 2 rings (SSSR count). The SMILES string of the molecule is CNc1cnn(-c2cccc(C(F)(F)F)c2)c(=O)c1. The summed E-state index contributed by atoms with van der Waals surface area (Å²) < 4.78 is 38.7. The van der Waals surface area contributed by atoms with Gasteiger partial charge in [0, 0.05) is 13.1 Å². The predicted octanol–water partition coefficient (Wildman–Crippen LogP) is 2.29. The molecule has 19 heavy (non-hydrogen) atoms. The number of alkyl halides is 3. The highest BCUT2D eigenvalue weighted by molar-refractivity contribution is 5.41. The van der Waals surface area contributed by atoms with Gasteiger partial charge < -0.3 is 5.32 Å². The van der Waals surface area contributed by atoms with E-state index in [1.807, 2.05) is 0 Å². The first-order valence-electron chi connectivity index (χ1n) is 5.36. The molecule has 0 aliphatic carbocycles. The summed E-state index contributed by atoms with van der Waals surface area (Å²) in [6, 6.07) is 5.71. The van der Waals surface area contributed by atoms with Crippen molar-refractivity contribution in [3.05, 3.63) is 52.4 Å². The van der Waals surface area contributed by atoms with Crippen LogP contribution in [0.25, 0.3) is 5.69 Å². The number of nitrogens with one attached hydrogen (secondary N) is 1. The van der Waals surface area contributed by atoms with Gasteiger partial charge in [-0.2, -0.15) is 23.0 Å². The monoisotopic (exact) mass is 269 g/mol. The second-order valence-corrected chi connectivity index (χ2v) is 3.79. The number of halogens is 3. The van der Waals surface area contributed by atoms with E-state index in [4.69, 9.17) is 0 Å². The lowest BCUT2D eigenvalue weighted by atomic mass is 10.2. The van der Waals surface area contributed by atoms with Crippen molar-refractivity contribution in [2.45, 2.75) is 6.18 Å². The molecule has 0 aliphatic heterocycles. The summed E-state index contributed by atoms with van der Waals surface area (Å²) in [4.78, 5) is 11.7. The van der Waals surface area contributed by atoms with Crippen molar-refractivity contribution in [2.24, 2.45) is 0 Å². The molecule has 0 spiro atoms. The predicted molar refractivity (Wildman–Crippen MR) is 64.4 cm³/mol. The standard InChI is InChI=1S/C12H10F3N3O/c1-16-9-6-11(19)18(17-7-9)10-4-2-3-8(5-10)12(13,14)15/h2-7,16H,1H3. The maximum absolute atomic E-state index is 12.6. The van der Waals surface area contributed by atoms with Crippen LogP contribution in [0.15, 0.2) is 41.3 Å². The zero-order valence-corrected chi connectivity index (χ0v) is 9.90. The molecule has 2 aromatic rings. The molecule has 0 amide bonds. The van der Waals surface area contributed by atoms with Crippen LogP contribution in [0.3, 0.4) is 0 Å². The molecule has 1 aromatic carbocycles. The van der Waals surface area contributed by atoms with E-state index in [9.17, 15) is 18.0 Å². The van der Waals surface area contributed by atoms with Gasteiger partial charge in [0.15, 0.2) is 0 Å². The Morgan fingerprint density at radius 3 is 2.58 bits per heavy atom. The lowest BCUT2D eigenvalue weighted by molar-refractivity contribution is -0.137. The highest BCUT2D eigenvalue weighted by Gasteiger charge is 2.30. The van der Waals surface area contributed by atoms with E-state index < -0.39 is 17.3 Å². The Morgan fingerprint density at radius 1 is 1.26 bits per heavy atom. The molecule has 0 unspecified atom stereocenters. The van der Waals surface area contributed by atoms with Crippen molar-refractivity contribution in [1.29, 1.82) is 0 Å². The maximum Gasteiger partial charge on any atom is 0.416 e. The fourth-order valence-corrected chi connectivity index (χ4v) is 1.55. The second-order valence-electron chi connectivity index (χ2n) is 3.79. The summed E-state index contributed by atoms with van der Waals surface area (Å²) in [6.45, 7) is 0. The Morgan fingerprint density at radius 2 is 2.00 bits per heavy atom. The van der Waals surface area contributed by atoms with Crippen molar-refractivity contribution in [1.82, 2.24) is 9.78 Å². The van der Waals surface area contributed by atoms with Crippen LogP contribution in [0.1, 0.15) is 5.56 Å². The van der Waals surface area contributed by atoms with E-state index in [1.165, 1.54) is 24.4 Å². The largest absolute Gasteiger partial charge is 0.416 e. The summed E-state index contributed by atoms with van der Waals surface area (Å²) in [5.41, 5.74) is -0.765. The van der Waals surface area contributed by atoms with Gasteiger partial charge in [0.05, 0.1) is 23.1 Å². The lowest BCUT2D eigenvalue weighted by Crippen LogP contribution is -2.21. The Kier molecular flexibility index (Phi) is 3.28. The number of nitrogens with zero attached hydrogens (tertiary/aromatic N) is 2. The maximum atomic E-state index is 12.6. The van der Waals surface area contributed by atoms with E-state index >= 15 is 0 Å². The zero-order chi connectivity index (χ0) is 14.0. The third-order valence-electron chi connectivity index (χ3n) is 2.51. The van der Waals surface area contributed by atoms with Crippen molar-refractivity contribution < 1.29 is 13.2 Å². The average molecular weight is 269 g/mol. The fourth-order valence-electron chi connectivity index (χ4n) is 1.55. The summed E-state index contributed by atoms with van der Waals surface area (Å²) in [7, 11) is 1.62. The third kappa shape index (κ3) is 2.75. The van der Waals surface area contributed by atoms with Crippen LogP contribution >= 0.6 is 0 Å². The summed E-state index contributed by atoms with van der Waals surface area (Å²) in [5, 5.41) is 6.54. The van der Waals surface area contributed by atoms with E-state index in [1.54, 1.807) is 7.05 Å². The number of aromatic nitrogens is 2.